The summed E-state index contributed by atoms with van der Waals surface area (Å²) in [7, 11) is 0. The standard InChI is InChI=1S/C21H22N4OS/c1-2-17-10-6-7-11-18(17)13-24-14-19(22-23-24)21-25(20(26)15-27-21)12-16-8-4-3-5-9-16/h3-11,14,21H,2,12-13,15H2,1H3/t21-/m1/s1. The Morgan fingerprint density at radius 3 is 2.56 bits per heavy atom. The minimum atomic E-state index is -0.0760. The van der Waals surface area contributed by atoms with Crippen LogP contribution in [0.3, 0.4) is 0 Å². The van der Waals surface area contributed by atoms with Gasteiger partial charge in [0.15, 0.2) is 0 Å². The summed E-state index contributed by atoms with van der Waals surface area (Å²) in [6.07, 6.45) is 2.97. The van der Waals surface area contributed by atoms with E-state index in [2.05, 4.69) is 41.5 Å². The monoisotopic (exact) mass is 378 g/mol. The quantitative estimate of drug-likeness (QED) is 0.657. The number of carbonyl (C=O) groups excluding carboxylic acids is 1. The molecule has 0 aliphatic carbocycles. The molecule has 27 heavy (non-hydrogen) atoms. The van der Waals surface area contributed by atoms with Crippen LogP contribution in [0.25, 0.3) is 0 Å². The Bertz CT molecular complexity index is 925. The molecule has 0 N–H and O–H groups in total. The van der Waals surface area contributed by atoms with E-state index < -0.39 is 0 Å². The predicted octanol–water partition coefficient (Wildman–Crippen LogP) is 3.66. The second-order valence-corrected chi connectivity index (χ2v) is 7.70. The molecule has 3 aromatic rings. The maximum atomic E-state index is 12.4. The lowest BCUT2D eigenvalue weighted by molar-refractivity contribution is -0.128. The molecule has 138 valence electrons. The molecule has 6 heteroatoms. The Kier molecular flexibility index (Phi) is 5.25. The fourth-order valence-electron chi connectivity index (χ4n) is 3.39. The lowest BCUT2D eigenvalue weighted by atomic mass is 10.1. The molecule has 1 aliphatic rings. The minimum absolute atomic E-state index is 0.0760. The molecular formula is C21H22N4OS. The zero-order valence-corrected chi connectivity index (χ0v) is 16.1. The van der Waals surface area contributed by atoms with Crippen LogP contribution in [0, 0.1) is 0 Å². The van der Waals surface area contributed by atoms with Crippen LogP contribution < -0.4 is 0 Å². The minimum Gasteiger partial charge on any atom is -0.320 e. The molecule has 4 rings (SSSR count). The third kappa shape index (κ3) is 3.90. The third-order valence-electron chi connectivity index (χ3n) is 4.80. The third-order valence-corrected chi connectivity index (χ3v) is 6.03. The fourth-order valence-corrected chi connectivity index (χ4v) is 4.50. The summed E-state index contributed by atoms with van der Waals surface area (Å²) < 4.78 is 1.87. The maximum absolute atomic E-state index is 12.4. The average Bonchev–Trinajstić information content (AvgIpc) is 3.30. The van der Waals surface area contributed by atoms with Gasteiger partial charge in [0.1, 0.15) is 11.1 Å². The summed E-state index contributed by atoms with van der Waals surface area (Å²) >= 11 is 1.62. The highest BCUT2D eigenvalue weighted by Crippen LogP contribution is 2.38. The number of hydrogen-bond donors (Lipinski definition) is 0. The lowest BCUT2D eigenvalue weighted by Crippen LogP contribution is -2.27. The molecule has 2 heterocycles. The van der Waals surface area contributed by atoms with E-state index in [9.17, 15) is 4.79 Å². The summed E-state index contributed by atoms with van der Waals surface area (Å²) in [6.45, 7) is 3.46. The summed E-state index contributed by atoms with van der Waals surface area (Å²) in [5, 5.41) is 8.61. The van der Waals surface area contributed by atoms with Gasteiger partial charge in [0.05, 0.1) is 18.5 Å². The smallest absolute Gasteiger partial charge is 0.234 e. The molecule has 1 atom stereocenters. The van der Waals surface area contributed by atoms with E-state index in [1.807, 2.05) is 46.1 Å². The molecule has 0 bridgehead atoms. The molecule has 0 spiro atoms. The molecule has 0 radical (unpaired) electrons. The second kappa shape index (κ2) is 7.96. The molecule has 5 nitrogen and oxygen atoms in total. The number of hydrogen-bond acceptors (Lipinski definition) is 4. The predicted molar refractivity (Wildman–Crippen MR) is 107 cm³/mol. The highest BCUT2D eigenvalue weighted by Gasteiger charge is 2.34. The van der Waals surface area contributed by atoms with Crippen molar-refractivity contribution < 1.29 is 4.79 Å². The number of carbonyl (C=O) groups is 1. The molecule has 1 fully saturated rings. The topological polar surface area (TPSA) is 51.0 Å². The normalized spacial score (nSPS) is 16.9. The lowest BCUT2D eigenvalue weighted by Gasteiger charge is -2.22. The highest BCUT2D eigenvalue weighted by molar-refractivity contribution is 8.00. The number of rotatable bonds is 6. The van der Waals surface area contributed by atoms with Crippen LogP contribution in [0.1, 0.15) is 34.7 Å². The number of benzene rings is 2. The first-order chi connectivity index (χ1) is 13.2. The highest BCUT2D eigenvalue weighted by atomic mass is 32.2. The summed E-state index contributed by atoms with van der Waals surface area (Å²) in [5.41, 5.74) is 4.55. The first-order valence-electron chi connectivity index (χ1n) is 9.16. The van der Waals surface area contributed by atoms with Gasteiger partial charge in [0, 0.05) is 6.54 Å². The van der Waals surface area contributed by atoms with Gasteiger partial charge in [-0.1, -0.05) is 66.7 Å². The van der Waals surface area contributed by atoms with E-state index in [0.717, 1.165) is 17.7 Å². The Morgan fingerprint density at radius 1 is 1.04 bits per heavy atom. The molecule has 0 saturated carbocycles. The largest absolute Gasteiger partial charge is 0.320 e. The summed E-state index contributed by atoms with van der Waals surface area (Å²) in [5.74, 6) is 0.642. The Labute approximate surface area is 163 Å². The number of thioether (sulfide) groups is 1. The summed E-state index contributed by atoms with van der Waals surface area (Å²) in [4.78, 5) is 14.3. The van der Waals surface area contributed by atoms with Gasteiger partial charge in [-0.15, -0.1) is 16.9 Å². The van der Waals surface area contributed by atoms with Gasteiger partial charge in [-0.2, -0.15) is 0 Å². The molecule has 1 aliphatic heterocycles. The number of nitrogens with zero attached hydrogens (tertiary/aromatic N) is 4. The van der Waals surface area contributed by atoms with Crippen LogP contribution in [0.2, 0.25) is 0 Å². The Hall–Kier alpha value is -2.60. The Balaban J connectivity index is 1.52. The van der Waals surface area contributed by atoms with Crippen molar-refractivity contribution in [3.8, 4) is 0 Å². The van der Waals surface area contributed by atoms with E-state index in [-0.39, 0.29) is 11.3 Å². The molecule has 2 aromatic carbocycles. The van der Waals surface area contributed by atoms with Crippen LogP contribution in [-0.4, -0.2) is 31.6 Å². The van der Waals surface area contributed by atoms with E-state index >= 15 is 0 Å². The van der Waals surface area contributed by atoms with Crippen molar-refractivity contribution in [3.05, 3.63) is 83.2 Å². The second-order valence-electron chi connectivity index (χ2n) is 6.63. The van der Waals surface area contributed by atoms with Gasteiger partial charge in [0.2, 0.25) is 5.91 Å². The number of amides is 1. The van der Waals surface area contributed by atoms with Gasteiger partial charge in [-0.25, -0.2) is 4.68 Å². The van der Waals surface area contributed by atoms with E-state index in [0.29, 0.717) is 18.8 Å². The first kappa shape index (κ1) is 17.8. The van der Waals surface area contributed by atoms with Crippen molar-refractivity contribution in [3.63, 3.8) is 0 Å². The van der Waals surface area contributed by atoms with E-state index in [1.165, 1.54) is 11.1 Å². The zero-order valence-electron chi connectivity index (χ0n) is 15.3. The first-order valence-corrected chi connectivity index (χ1v) is 10.2. The molecule has 1 aromatic heterocycles. The van der Waals surface area contributed by atoms with Crippen molar-refractivity contribution >= 4 is 17.7 Å². The fraction of sp³-hybridized carbons (Fsp3) is 0.286. The SMILES string of the molecule is CCc1ccccc1Cn1cc([C@H]2SCC(=O)N2Cc2ccccc2)nn1. The van der Waals surface area contributed by atoms with Crippen LogP contribution in [0.4, 0.5) is 0 Å². The van der Waals surface area contributed by atoms with Crippen molar-refractivity contribution in [2.24, 2.45) is 0 Å². The maximum Gasteiger partial charge on any atom is 0.234 e. The Morgan fingerprint density at radius 2 is 1.78 bits per heavy atom. The number of aryl methyl sites for hydroxylation is 1. The van der Waals surface area contributed by atoms with E-state index in [4.69, 9.17) is 0 Å². The molecular weight excluding hydrogens is 356 g/mol. The van der Waals surface area contributed by atoms with Crippen molar-refractivity contribution in [2.45, 2.75) is 31.8 Å². The van der Waals surface area contributed by atoms with Crippen LogP contribution >= 0.6 is 11.8 Å². The van der Waals surface area contributed by atoms with Crippen molar-refractivity contribution in [1.82, 2.24) is 19.9 Å². The van der Waals surface area contributed by atoms with Gasteiger partial charge < -0.3 is 4.90 Å². The van der Waals surface area contributed by atoms with Gasteiger partial charge in [-0.05, 0) is 23.1 Å². The molecule has 0 unspecified atom stereocenters. The van der Waals surface area contributed by atoms with Gasteiger partial charge in [-0.3, -0.25) is 4.79 Å². The average molecular weight is 379 g/mol. The van der Waals surface area contributed by atoms with Crippen molar-refractivity contribution in [1.29, 1.82) is 0 Å². The van der Waals surface area contributed by atoms with Crippen LogP contribution in [0.5, 0.6) is 0 Å². The van der Waals surface area contributed by atoms with E-state index in [1.54, 1.807) is 11.8 Å². The van der Waals surface area contributed by atoms with Crippen molar-refractivity contribution in [2.75, 3.05) is 5.75 Å². The van der Waals surface area contributed by atoms with Crippen LogP contribution in [0.15, 0.2) is 60.8 Å². The molecule has 1 amide bonds. The van der Waals surface area contributed by atoms with Gasteiger partial charge in [0.25, 0.3) is 0 Å². The molecule has 1 saturated heterocycles. The summed E-state index contributed by atoms with van der Waals surface area (Å²) in [6, 6.07) is 18.5. The van der Waals surface area contributed by atoms with Crippen LogP contribution in [-0.2, 0) is 24.3 Å². The van der Waals surface area contributed by atoms with Gasteiger partial charge >= 0.3 is 0 Å². The number of aromatic nitrogens is 3. The zero-order chi connectivity index (χ0) is 18.6.